The number of aryl methyl sites for hydroxylation is 1. The third kappa shape index (κ3) is 7.72. The van der Waals surface area contributed by atoms with Crippen molar-refractivity contribution in [2.24, 2.45) is 5.92 Å². The lowest BCUT2D eigenvalue weighted by Crippen LogP contribution is -2.41. The number of methoxy groups -OCH3 is 1. The maximum absolute atomic E-state index is 12.4. The first-order valence-corrected chi connectivity index (χ1v) is 11.7. The summed E-state index contributed by atoms with van der Waals surface area (Å²) in [6, 6.07) is 11.9. The maximum atomic E-state index is 12.4. The van der Waals surface area contributed by atoms with E-state index in [9.17, 15) is 19.2 Å². The number of carboxylic acids is 1. The summed E-state index contributed by atoms with van der Waals surface area (Å²) in [6.45, 7) is 2.44. The quantitative estimate of drug-likeness (QED) is 0.452. The van der Waals surface area contributed by atoms with E-state index in [0.717, 1.165) is 5.56 Å². The Labute approximate surface area is 209 Å². The topological polar surface area (TPSA) is 134 Å². The van der Waals surface area contributed by atoms with Crippen molar-refractivity contribution in [1.82, 2.24) is 4.90 Å². The van der Waals surface area contributed by atoms with Gasteiger partial charge < -0.3 is 30.1 Å². The normalized spacial score (nSPS) is 13.6. The number of nitrogens with zero attached hydrogens (tertiary/aromatic N) is 1. The standard InChI is InChI=1S/C26H31N3O7/c1-17-5-3-4-6-20(17)27-26(34)28-21-8-7-19(13-22(21)35-2)15-25(33)36-16-23(30)29-11-9-18(10-12-29)14-24(31)32/h3-8,13,18H,9-12,14-16H2,1-2H3,(H,31,32)(H2,27,28,34). The molecule has 2 aromatic rings. The SMILES string of the molecule is COc1cc(CC(=O)OCC(=O)N2CCC(CC(=O)O)CC2)ccc1NC(=O)Nc1ccccc1C. The summed E-state index contributed by atoms with van der Waals surface area (Å²) in [6.07, 6.45) is 1.27. The van der Waals surface area contributed by atoms with Crippen LogP contribution < -0.4 is 15.4 Å². The third-order valence-electron chi connectivity index (χ3n) is 6.04. The van der Waals surface area contributed by atoms with E-state index in [1.54, 1.807) is 29.2 Å². The number of aliphatic carboxylic acids is 1. The molecule has 36 heavy (non-hydrogen) atoms. The smallest absolute Gasteiger partial charge is 0.323 e. The number of piperidine rings is 1. The van der Waals surface area contributed by atoms with Crippen molar-refractivity contribution >= 4 is 35.3 Å². The summed E-state index contributed by atoms with van der Waals surface area (Å²) in [5, 5.41) is 14.4. The fourth-order valence-corrected chi connectivity index (χ4v) is 4.02. The number of urea groups is 1. The predicted octanol–water partition coefficient (Wildman–Crippen LogP) is 3.45. The van der Waals surface area contributed by atoms with Crippen LogP contribution in [0, 0.1) is 12.8 Å². The summed E-state index contributed by atoms with van der Waals surface area (Å²) in [5.74, 6) is -1.26. The number of ether oxygens (including phenoxy) is 2. The van der Waals surface area contributed by atoms with Gasteiger partial charge >= 0.3 is 18.0 Å². The van der Waals surface area contributed by atoms with E-state index in [1.165, 1.54) is 7.11 Å². The molecule has 3 amide bonds. The zero-order valence-corrected chi connectivity index (χ0v) is 20.4. The second kappa shape index (κ2) is 12.6. The molecule has 3 N–H and O–H groups in total. The number of hydrogen-bond donors (Lipinski definition) is 3. The molecule has 3 rings (SSSR count). The maximum Gasteiger partial charge on any atom is 0.323 e. The molecule has 0 atom stereocenters. The van der Waals surface area contributed by atoms with E-state index in [2.05, 4.69) is 10.6 Å². The number of carbonyl (C=O) groups is 4. The molecule has 0 unspecified atom stereocenters. The molecular formula is C26H31N3O7. The molecule has 2 aromatic carbocycles. The van der Waals surface area contributed by atoms with Crippen molar-refractivity contribution < 1.29 is 33.8 Å². The van der Waals surface area contributed by atoms with Gasteiger partial charge in [-0.2, -0.15) is 0 Å². The Morgan fingerprint density at radius 3 is 2.39 bits per heavy atom. The van der Waals surface area contributed by atoms with Crippen LogP contribution in [0.4, 0.5) is 16.2 Å². The Hall–Kier alpha value is -4.08. The minimum absolute atomic E-state index is 0.0649. The summed E-state index contributed by atoms with van der Waals surface area (Å²) in [5.41, 5.74) is 2.65. The van der Waals surface area contributed by atoms with E-state index >= 15 is 0 Å². The first kappa shape index (κ1) is 26.5. The van der Waals surface area contributed by atoms with Gasteiger partial charge in [-0.3, -0.25) is 14.4 Å². The van der Waals surface area contributed by atoms with Gasteiger partial charge in [-0.15, -0.1) is 0 Å². The van der Waals surface area contributed by atoms with Crippen LogP contribution in [0.3, 0.4) is 0 Å². The zero-order chi connectivity index (χ0) is 26.1. The predicted molar refractivity (Wildman–Crippen MR) is 133 cm³/mol. The van der Waals surface area contributed by atoms with E-state index in [-0.39, 0.29) is 31.3 Å². The average Bonchev–Trinajstić information content (AvgIpc) is 2.85. The lowest BCUT2D eigenvalue weighted by Gasteiger charge is -2.31. The molecule has 1 heterocycles. The number of carboxylic acid groups (broad SMARTS) is 1. The highest BCUT2D eigenvalue weighted by atomic mass is 16.5. The molecular weight excluding hydrogens is 466 g/mol. The Kier molecular flexibility index (Phi) is 9.26. The second-order valence-electron chi connectivity index (χ2n) is 8.69. The molecule has 0 aromatic heterocycles. The summed E-state index contributed by atoms with van der Waals surface area (Å²) in [7, 11) is 1.46. The molecule has 0 saturated carbocycles. The molecule has 0 spiro atoms. The number of rotatable bonds is 9. The van der Waals surface area contributed by atoms with Crippen LogP contribution in [0.15, 0.2) is 42.5 Å². The van der Waals surface area contributed by atoms with Crippen molar-refractivity contribution in [2.45, 2.75) is 32.6 Å². The molecule has 192 valence electrons. The summed E-state index contributed by atoms with van der Waals surface area (Å²) >= 11 is 0. The van der Waals surface area contributed by atoms with Crippen molar-refractivity contribution in [2.75, 3.05) is 37.4 Å². The molecule has 1 aliphatic heterocycles. The lowest BCUT2D eigenvalue weighted by molar-refractivity contribution is -0.152. The molecule has 0 aliphatic carbocycles. The van der Waals surface area contributed by atoms with Crippen LogP contribution in [0.2, 0.25) is 0 Å². The van der Waals surface area contributed by atoms with Gasteiger partial charge in [-0.05, 0) is 55.0 Å². The van der Waals surface area contributed by atoms with Gasteiger partial charge in [0.05, 0.1) is 19.2 Å². The van der Waals surface area contributed by atoms with Crippen molar-refractivity contribution in [1.29, 1.82) is 0 Å². The minimum atomic E-state index is -0.834. The number of carbonyl (C=O) groups excluding carboxylic acids is 3. The second-order valence-corrected chi connectivity index (χ2v) is 8.69. The first-order valence-electron chi connectivity index (χ1n) is 11.7. The van der Waals surface area contributed by atoms with Crippen LogP contribution in [0.5, 0.6) is 5.75 Å². The van der Waals surface area contributed by atoms with E-state index in [4.69, 9.17) is 14.6 Å². The van der Waals surface area contributed by atoms with Crippen LogP contribution in [-0.4, -0.2) is 60.7 Å². The summed E-state index contributed by atoms with van der Waals surface area (Å²) in [4.78, 5) is 49.5. The molecule has 0 bridgehead atoms. The fraction of sp³-hybridized carbons (Fsp3) is 0.385. The number of hydrogen-bond acceptors (Lipinski definition) is 6. The number of likely N-dealkylation sites (tertiary alicyclic amines) is 1. The Balaban J connectivity index is 1.48. The van der Waals surface area contributed by atoms with Gasteiger partial charge in [-0.25, -0.2) is 4.79 Å². The molecule has 1 saturated heterocycles. The molecule has 0 radical (unpaired) electrons. The Bertz CT molecular complexity index is 1110. The highest BCUT2D eigenvalue weighted by Crippen LogP contribution is 2.26. The number of para-hydroxylation sites is 1. The fourth-order valence-electron chi connectivity index (χ4n) is 4.02. The van der Waals surface area contributed by atoms with Crippen molar-refractivity contribution in [3.63, 3.8) is 0 Å². The first-order chi connectivity index (χ1) is 17.2. The van der Waals surface area contributed by atoms with Gasteiger partial charge in [0.1, 0.15) is 5.75 Å². The number of amides is 3. The highest BCUT2D eigenvalue weighted by molar-refractivity contribution is 6.01. The molecule has 10 heteroatoms. The zero-order valence-electron chi connectivity index (χ0n) is 20.4. The largest absolute Gasteiger partial charge is 0.495 e. The monoisotopic (exact) mass is 497 g/mol. The molecule has 10 nitrogen and oxygen atoms in total. The number of esters is 1. The van der Waals surface area contributed by atoms with Gasteiger partial charge in [0, 0.05) is 25.2 Å². The third-order valence-corrected chi connectivity index (χ3v) is 6.04. The molecule has 1 fully saturated rings. The number of anilines is 2. The molecule has 1 aliphatic rings. The lowest BCUT2D eigenvalue weighted by atomic mass is 9.94. The Morgan fingerprint density at radius 2 is 1.72 bits per heavy atom. The van der Waals surface area contributed by atoms with Gasteiger partial charge in [-0.1, -0.05) is 24.3 Å². The number of nitrogens with one attached hydrogen (secondary N) is 2. The van der Waals surface area contributed by atoms with E-state index in [1.807, 2.05) is 25.1 Å². The minimum Gasteiger partial charge on any atom is -0.495 e. The van der Waals surface area contributed by atoms with Gasteiger partial charge in [0.15, 0.2) is 6.61 Å². The van der Waals surface area contributed by atoms with E-state index in [0.29, 0.717) is 48.6 Å². The van der Waals surface area contributed by atoms with Crippen molar-refractivity contribution in [3.8, 4) is 5.75 Å². The number of benzene rings is 2. The Morgan fingerprint density at radius 1 is 1.03 bits per heavy atom. The van der Waals surface area contributed by atoms with Crippen LogP contribution >= 0.6 is 0 Å². The van der Waals surface area contributed by atoms with E-state index < -0.39 is 18.0 Å². The van der Waals surface area contributed by atoms with Crippen LogP contribution in [0.25, 0.3) is 0 Å². The van der Waals surface area contributed by atoms with Gasteiger partial charge in [0.25, 0.3) is 5.91 Å². The van der Waals surface area contributed by atoms with Gasteiger partial charge in [0.2, 0.25) is 0 Å². The van der Waals surface area contributed by atoms with Crippen LogP contribution in [-0.2, 0) is 25.5 Å². The highest BCUT2D eigenvalue weighted by Gasteiger charge is 2.25. The average molecular weight is 498 g/mol. The summed E-state index contributed by atoms with van der Waals surface area (Å²) < 4.78 is 10.5. The van der Waals surface area contributed by atoms with Crippen molar-refractivity contribution in [3.05, 3.63) is 53.6 Å². The van der Waals surface area contributed by atoms with Crippen LogP contribution in [0.1, 0.15) is 30.4 Å².